The molecule has 4 rings (SSSR count). The normalized spacial score (nSPS) is 10.4. The van der Waals surface area contributed by atoms with Gasteiger partial charge in [-0.3, -0.25) is 0 Å². The highest BCUT2D eigenvalue weighted by Gasteiger charge is 2.15. The van der Waals surface area contributed by atoms with E-state index in [2.05, 4.69) is 22.0 Å². The van der Waals surface area contributed by atoms with Gasteiger partial charge >= 0.3 is 5.97 Å². The maximum Gasteiger partial charge on any atom is 0.335 e. The number of nitrogens with zero attached hydrogens (tertiary/aromatic N) is 1. The molecule has 0 aliphatic rings. The van der Waals surface area contributed by atoms with E-state index in [9.17, 15) is 15.2 Å². The predicted molar refractivity (Wildman–Crippen MR) is 127 cm³/mol. The number of carbonyl (C=O) groups is 1. The van der Waals surface area contributed by atoms with Gasteiger partial charge < -0.3 is 9.84 Å². The SMILES string of the molecule is N#Cc1cc(C(=O)O)cc(-c2ccccc2-c2cc(Br)ccc2OCc2ccccc2)c1. The van der Waals surface area contributed by atoms with E-state index in [1.165, 1.54) is 6.07 Å². The number of ether oxygens (including phenoxy) is 1. The summed E-state index contributed by atoms with van der Waals surface area (Å²) in [6, 6.07) is 30.1. The molecule has 5 heteroatoms. The summed E-state index contributed by atoms with van der Waals surface area (Å²) in [7, 11) is 0. The van der Waals surface area contributed by atoms with Crippen LogP contribution in [0.2, 0.25) is 0 Å². The Labute approximate surface area is 194 Å². The van der Waals surface area contributed by atoms with Crippen LogP contribution >= 0.6 is 15.9 Å². The zero-order chi connectivity index (χ0) is 22.5. The number of hydrogen-bond acceptors (Lipinski definition) is 3. The van der Waals surface area contributed by atoms with Gasteiger partial charge in [0.2, 0.25) is 0 Å². The van der Waals surface area contributed by atoms with Crippen molar-refractivity contribution >= 4 is 21.9 Å². The van der Waals surface area contributed by atoms with E-state index in [1.807, 2.05) is 72.8 Å². The minimum atomic E-state index is -1.07. The second-order valence-corrected chi connectivity index (χ2v) is 8.09. The van der Waals surface area contributed by atoms with E-state index in [1.54, 1.807) is 12.1 Å². The molecule has 4 aromatic rings. The Morgan fingerprint density at radius 1 is 0.875 bits per heavy atom. The van der Waals surface area contributed by atoms with Crippen molar-refractivity contribution in [3.63, 3.8) is 0 Å². The van der Waals surface area contributed by atoms with E-state index in [0.717, 1.165) is 26.7 Å². The van der Waals surface area contributed by atoms with Gasteiger partial charge in [0, 0.05) is 10.0 Å². The second kappa shape index (κ2) is 9.51. The van der Waals surface area contributed by atoms with E-state index in [0.29, 0.717) is 23.5 Å². The third kappa shape index (κ3) is 4.72. The molecule has 0 saturated heterocycles. The molecule has 0 amide bonds. The van der Waals surface area contributed by atoms with Gasteiger partial charge in [-0.2, -0.15) is 5.26 Å². The van der Waals surface area contributed by atoms with Gasteiger partial charge in [-0.05, 0) is 58.7 Å². The number of aromatic carboxylic acids is 1. The maximum absolute atomic E-state index is 11.6. The van der Waals surface area contributed by atoms with E-state index in [4.69, 9.17) is 4.74 Å². The van der Waals surface area contributed by atoms with Crippen molar-refractivity contribution in [2.45, 2.75) is 6.61 Å². The Hall–Kier alpha value is -3.88. The van der Waals surface area contributed by atoms with Crippen LogP contribution in [-0.2, 0) is 6.61 Å². The van der Waals surface area contributed by atoms with Crippen molar-refractivity contribution in [1.82, 2.24) is 0 Å². The summed E-state index contributed by atoms with van der Waals surface area (Å²) in [5, 5.41) is 18.9. The van der Waals surface area contributed by atoms with E-state index >= 15 is 0 Å². The molecular formula is C27H18BrNO3. The lowest BCUT2D eigenvalue weighted by molar-refractivity contribution is 0.0697. The molecule has 0 spiro atoms. The monoisotopic (exact) mass is 483 g/mol. The molecule has 0 aliphatic carbocycles. The summed E-state index contributed by atoms with van der Waals surface area (Å²) in [6.45, 7) is 0.421. The van der Waals surface area contributed by atoms with Crippen molar-refractivity contribution in [3.8, 4) is 34.1 Å². The topological polar surface area (TPSA) is 70.3 Å². The van der Waals surface area contributed by atoms with Crippen LogP contribution < -0.4 is 4.74 Å². The van der Waals surface area contributed by atoms with E-state index in [-0.39, 0.29) is 5.56 Å². The van der Waals surface area contributed by atoms with E-state index < -0.39 is 5.97 Å². The molecule has 0 aromatic heterocycles. The average Bonchev–Trinajstić information content (AvgIpc) is 2.83. The fourth-order valence-electron chi connectivity index (χ4n) is 3.51. The van der Waals surface area contributed by atoms with Gasteiger partial charge in [0.05, 0.1) is 17.2 Å². The average molecular weight is 484 g/mol. The molecule has 4 aromatic carbocycles. The second-order valence-electron chi connectivity index (χ2n) is 7.18. The van der Waals surface area contributed by atoms with Crippen LogP contribution in [0, 0.1) is 11.3 Å². The Bertz CT molecular complexity index is 1330. The molecule has 0 unspecified atom stereocenters. The Kier molecular flexibility index (Phi) is 6.34. The molecule has 0 radical (unpaired) electrons. The quantitative estimate of drug-likeness (QED) is 0.322. The van der Waals surface area contributed by atoms with Crippen LogP contribution in [-0.4, -0.2) is 11.1 Å². The van der Waals surface area contributed by atoms with Crippen LogP contribution in [0.1, 0.15) is 21.5 Å². The highest BCUT2D eigenvalue weighted by Crippen LogP contribution is 2.39. The first-order valence-electron chi connectivity index (χ1n) is 9.89. The van der Waals surface area contributed by atoms with Crippen molar-refractivity contribution < 1.29 is 14.6 Å². The highest BCUT2D eigenvalue weighted by atomic mass is 79.9. The zero-order valence-electron chi connectivity index (χ0n) is 17.0. The molecule has 0 bridgehead atoms. The predicted octanol–water partition coefficient (Wildman–Crippen LogP) is 6.93. The number of carboxylic acids is 1. The van der Waals surface area contributed by atoms with Crippen molar-refractivity contribution in [2.24, 2.45) is 0 Å². The Morgan fingerprint density at radius 2 is 1.59 bits per heavy atom. The fourth-order valence-corrected chi connectivity index (χ4v) is 3.88. The summed E-state index contributed by atoms with van der Waals surface area (Å²) >= 11 is 3.55. The Balaban J connectivity index is 1.82. The number of hydrogen-bond donors (Lipinski definition) is 1. The maximum atomic E-state index is 11.6. The molecule has 32 heavy (non-hydrogen) atoms. The van der Waals surface area contributed by atoms with Crippen LogP contribution in [0.5, 0.6) is 5.75 Å². The number of carboxylic acid groups (broad SMARTS) is 1. The minimum Gasteiger partial charge on any atom is -0.488 e. The third-order valence-corrected chi connectivity index (χ3v) is 5.51. The minimum absolute atomic E-state index is 0.0728. The van der Waals surface area contributed by atoms with Gasteiger partial charge in [-0.15, -0.1) is 0 Å². The number of nitriles is 1. The number of halogens is 1. The smallest absolute Gasteiger partial charge is 0.335 e. The zero-order valence-corrected chi connectivity index (χ0v) is 18.5. The third-order valence-electron chi connectivity index (χ3n) is 5.02. The van der Waals surface area contributed by atoms with Crippen LogP contribution in [0.15, 0.2) is 95.5 Å². The Morgan fingerprint density at radius 3 is 2.31 bits per heavy atom. The van der Waals surface area contributed by atoms with Gasteiger partial charge in [-0.25, -0.2) is 4.79 Å². The molecule has 1 N–H and O–H groups in total. The van der Waals surface area contributed by atoms with Crippen molar-refractivity contribution in [1.29, 1.82) is 5.26 Å². The first-order valence-corrected chi connectivity index (χ1v) is 10.7. The van der Waals surface area contributed by atoms with Crippen LogP contribution in [0.4, 0.5) is 0 Å². The lowest BCUT2D eigenvalue weighted by Crippen LogP contribution is -1.99. The summed E-state index contributed by atoms with van der Waals surface area (Å²) in [4.78, 5) is 11.6. The summed E-state index contributed by atoms with van der Waals surface area (Å²) in [6.07, 6.45) is 0. The van der Waals surface area contributed by atoms with Crippen LogP contribution in [0.25, 0.3) is 22.3 Å². The van der Waals surface area contributed by atoms with Gasteiger partial charge in [0.15, 0.2) is 0 Å². The molecule has 0 aliphatic heterocycles. The molecular weight excluding hydrogens is 466 g/mol. The van der Waals surface area contributed by atoms with Gasteiger partial charge in [0.1, 0.15) is 12.4 Å². The summed E-state index contributed by atoms with van der Waals surface area (Å²) < 4.78 is 7.06. The first kappa shape index (κ1) is 21.4. The van der Waals surface area contributed by atoms with Crippen LogP contribution in [0.3, 0.4) is 0 Å². The largest absolute Gasteiger partial charge is 0.488 e. The van der Waals surface area contributed by atoms with Crippen molar-refractivity contribution in [3.05, 3.63) is 112 Å². The molecule has 156 valence electrons. The molecule has 0 heterocycles. The lowest BCUT2D eigenvalue weighted by atomic mass is 9.92. The summed E-state index contributed by atoms with van der Waals surface area (Å²) in [5.41, 5.74) is 4.64. The standard InChI is InChI=1S/C27H18BrNO3/c28-22-10-11-26(32-17-18-6-2-1-3-7-18)25(15-22)24-9-5-4-8-23(24)20-12-19(16-29)13-21(14-20)27(30)31/h1-15H,17H2,(H,30,31). The molecule has 4 nitrogen and oxygen atoms in total. The highest BCUT2D eigenvalue weighted by molar-refractivity contribution is 9.10. The lowest BCUT2D eigenvalue weighted by Gasteiger charge is -2.16. The first-order chi connectivity index (χ1) is 15.5. The fraction of sp³-hybridized carbons (Fsp3) is 0.0370. The summed E-state index contributed by atoms with van der Waals surface area (Å²) in [5.74, 6) is -0.366. The molecule has 0 fully saturated rings. The molecule has 0 atom stereocenters. The molecule has 0 saturated carbocycles. The van der Waals surface area contributed by atoms with Gasteiger partial charge in [0.25, 0.3) is 0 Å². The number of rotatable bonds is 6. The van der Waals surface area contributed by atoms with Gasteiger partial charge in [-0.1, -0.05) is 70.5 Å². The number of benzene rings is 4. The van der Waals surface area contributed by atoms with Crippen molar-refractivity contribution in [2.75, 3.05) is 0 Å².